The van der Waals surface area contributed by atoms with Crippen molar-refractivity contribution in [3.8, 4) is 0 Å². The average molecular weight is 335 g/mol. The number of nitrogens with one attached hydrogen (secondary N) is 2. The molecule has 3 N–H and O–H groups in total. The zero-order chi connectivity index (χ0) is 13.5. The largest absolute Gasteiger partial charge is 0.481 e. The second kappa shape index (κ2) is 7.38. The summed E-state index contributed by atoms with van der Waals surface area (Å²) < 4.78 is 1.02. The van der Waals surface area contributed by atoms with Crippen molar-refractivity contribution in [3.63, 3.8) is 0 Å². The van der Waals surface area contributed by atoms with Crippen LogP contribution < -0.4 is 10.6 Å². The number of amides is 2. The zero-order valence-electron chi connectivity index (χ0n) is 9.90. The Hall–Kier alpha value is -1.08. The topological polar surface area (TPSA) is 78.4 Å². The van der Waals surface area contributed by atoms with E-state index in [1.54, 1.807) is 18.3 Å². The van der Waals surface area contributed by atoms with Crippen LogP contribution in [0.3, 0.4) is 0 Å². The molecule has 0 aliphatic rings. The summed E-state index contributed by atoms with van der Waals surface area (Å²) in [5, 5.41) is 13.9. The van der Waals surface area contributed by atoms with E-state index >= 15 is 0 Å². The number of carboxylic acid groups (broad SMARTS) is 1. The normalized spacial score (nSPS) is 11.9. The number of aliphatic carboxylic acids is 1. The fraction of sp³-hybridized carbons (Fsp3) is 0.455. The first-order valence-corrected chi connectivity index (χ1v) is 7.08. The second-order valence-electron chi connectivity index (χ2n) is 3.87. The lowest BCUT2D eigenvalue weighted by Gasteiger charge is -2.13. The molecule has 7 heteroatoms. The number of carbonyl (C=O) groups is 2. The molecule has 0 bridgehead atoms. The molecular weight excluding hydrogens is 320 g/mol. The van der Waals surface area contributed by atoms with Crippen LogP contribution in [-0.4, -0.2) is 23.1 Å². The van der Waals surface area contributed by atoms with Crippen LogP contribution in [0.5, 0.6) is 0 Å². The van der Waals surface area contributed by atoms with Crippen LogP contribution in [0.4, 0.5) is 4.79 Å². The van der Waals surface area contributed by atoms with Crippen LogP contribution in [0.25, 0.3) is 0 Å². The first kappa shape index (κ1) is 15.0. The van der Waals surface area contributed by atoms with Gasteiger partial charge in [0.25, 0.3) is 0 Å². The zero-order valence-corrected chi connectivity index (χ0v) is 12.3. The van der Waals surface area contributed by atoms with Gasteiger partial charge in [-0.15, -0.1) is 11.3 Å². The number of hydrogen-bond acceptors (Lipinski definition) is 3. The molecule has 100 valence electrons. The SMILES string of the molecule is CC(CCC(=O)O)NC(=O)NCc1ccc(Br)s1. The smallest absolute Gasteiger partial charge is 0.315 e. The van der Waals surface area contributed by atoms with Gasteiger partial charge in [0.15, 0.2) is 0 Å². The van der Waals surface area contributed by atoms with Crippen LogP contribution in [0.2, 0.25) is 0 Å². The van der Waals surface area contributed by atoms with Gasteiger partial charge in [-0.1, -0.05) is 0 Å². The number of halogens is 1. The van der Waals surface area contributed by atoms with Crippen molar-refractivity contribution in [2.75, 3.05) is 0 Å². The highest BCUT2D eigenvalue weighted by atomic mass is 79.9. The molecule has 1 rings (SSSR count). The highest BCUT2D eigenvalue weighted by Crippen LogP contribution is 2.21. The van der Waals surface area contributed by atoms with E-state index in [1.165, 1.54) is 0 Å². The van der Waals surface area contributed by atoms with E-state index in [4.69, 9.17) is 5.11 Å². The summed E-state index contributed by atoms with van der Waals surface area (Å²) in [4.78, 5) is 22.9. The number of carbonyl (C=O) groups excluding carboxylic acids is 1. The lowest BCUT2D eigenvalue weighted by atomic mass is 10.2. The summed E-state index contributed by atoms with van der Waals surface area (Å²) in [6.45, 7) is 2.25. The number of thiophene rings is 1. The van der Waals surface area contributed by atoms with Gasteiger partial charge in [-0.3, -0.25) is 4.79 Å². The second-order valence-corrected chi connectivity index (χ2v) is 6.41. The lowest BCUT2D eigenvalue weighted by Crippen LogP contribution is -2.40. The Morgan fingerprint density at radius 3 is 2.78 bits per heavy atom. The molecule has 0 saturated heterocycles. The minimum Gasteiger partial charge on any atom is -0.481 e. The fourth-order valence-electron chi connectivity index (χ4n) is 1.30. The van der Waals surface area contributed by atoms with Gasteiger partial charge in [0, 0.05) is 17.3 Å². The summed E-state index contributed by atoms with van der Waals surface area (Å²) in [6, 6.07) is 3.42. The van der Waals surface area contributed by atoms with Gasteiger partial charge in [-0.05, 0) is 41.4 Å². The molecule has 2 amide bonds. The van der Waals surface area contributed by atoms with E-state index < -0.39 is 5.97 Å². The van der Waals surface area contributed by atoms with Crippen LogP contribution in [0.1, 0.15) is 24.6 Å². The molecule has 1 atom stereocenters. The molecule has 0 saturated carbocycles. The maximum atomic E-state index is 11.5. The van der Waals surface area contributed by atoms with E-state index in [9.17, 15) is 9.59 Å². The van der Waals surface area contributed by atoms with E-state index in [-0.39, 0.29) is 18.5 Å². The Morgan fingerprint density at radius 2 is 2.22 bits per heavy atom. The van der Waals surface area contributed by atoms with Crippen LogP contribution in [0.15, 0.2) is 15.9 Å². The Morgan fingerprint density at radius 1 is 1.50 bits per heavy atom. The van der Waals surface area contributed by atoms with Gasteiger partial charge in [0.2, 0.25) is 0 Å². The Labute approximate surface area is 118 Å². The minimum atomic E-state index is -0.854. The summed E-state index contributed by atoms with van der Waals surface area (Å²) >= 11 is 4.91. The maximum Gasteiger partial charge on any atom is 0.315 e. The van der Waals surface area contributed by atoms with Crippen molar-refractivity contribution in [1.82, 2.24) is 10.6 Å². The standard InChI is InChI=1S/C11H15BrN2O3S/c1-7(2-5-10(15)16)14-11(17)13-6-8-3-4-9(12)18-8/h3-4,7H,2,5-6H2,1H3,(H,15,16)(H2,13,14,17). The molecule has 1 aromatic heterocycles. The van der Waals surface area contributed by atoms with Crippen LogP contribution in [-0.2, 0) is 11.3 Å². The van der Waals surface area contributed by atoms with Crippen molar-refractivity contribution < 1.29 is 14.7 Å². The Balaban J connectivity index is 2.22. The van der Waals surface area contributed by atoms with Crippen LogP contribution in [0, 0.1) is 0 Å². The highest BCUT2D eigenvalue weighted by molar-refractivity contribution is 9.11. The van der Waals surface area contributed by atoms with E-state index in [1.807, 2.05) is 12.1 Å². The van der Waals surface area contributed by atoms with Gasteiger partial charge in [-0.2, -0.15) is 0 Å². The van der Waals surface area contributed by atoms with Gasteiger partial charge >= 0.3 is 12.0 Å². The minimum absolute atomic E-state index is 0.0549. The molecule has 0 spiro atoms. The van der Waals surface area contributed by atoms with E-state index in [2.05, 4.69) is 26.6 Å². The number of carboxylic acids is 1. The monoisotopic (exact) mass is 334 g/mol. The number of rotatable bonds is 6. The first-order valence-electron chi connectivity index (χ1n) is 5.47. The average Bonchev–Trinajstić information content (AvgIpc) is 2.70. The molecule has 0 radical (unpaired) electrons. The molecule has 0 fully saturated rings. The molecule has 1 heterocycles. The summed E-state index contributed by atoms with van der Waals surface area (Å²) in [5.74, 6) is -0.854. The molecule has 0 aliphatic carbocycles. The molecule has 5 nitrogen and oxygen atoms in total. The van der Waals surface area contributed by atoms with Gasteiger partial charge in [0.05, 0.1) is 10.3 Å². The summed E-state index contributed by atoms with van der Waals surface area (Å²) in [7, 11) is 0. The number of hydrogen-bond donors (Lipinski definition) is 3. The molecule has 0 aromatic carbocycles. The van der Waals surface area contributed by atoms with E-state index in [0.29, 0.717) is 13.0 Å². The third-order valence-electron chi connectivity index (χ3n) is 2.22. The lowest BCUT2D eigenvalue weighted by molar-refractivity contribution is -0.137. The summed E-state index contributed by atoms with van der Waals surface area (Å²) in [6.07, 6.45) is 0.479. The van der Waals surface area contributed by atoms with Crippen molar-refractivity contribution in [3.05, 3.63) is 20.8 Å². The number of urea groups is 1. The highest BCUT2D eigenvalue weighted by Gasteiger charge is 2.09. The molecule has 1 unspecified atom stereocenters. The van der Waals surface area contributed by atoms with Crippen molar-refractivity contribution in [1.29, 1.82) is 0 Å². The fourth-order valence-corrected chi connectivity index (χ4v) is 2.72. The van der Waals surface area contributed by atoms with Gasteiger partial charge in [-0.25, -0.2) is 4.79 Å². The molecule has 18 heavy (non-hydrogen) atoms. The Kier molecular flexibility index (Phi) is 6.14. The van der Waals surface area contributed by atoms with Crippen molar-refractivity contribution in [2.24, 2.45) is 0 Å². The molecule has 1 aromatic rings. The van der Waals surface area contributed by atoms with E-state index in [0.717, 1.165) is 8.66 Å². The van der Waals surface area contributed by atoms with Gasteiger partial charge in [0.1, 0.15) is 0 Å². The van der Waals surface area contributed by atoms with Gasteiger partial charge < -0.3 is 15.7 Å². The molecular formula is C11H15BrN2O3S. The van der Waals surface area contributed by atoms with Crippen LogP contribution >= 0.6 is 27.3 Å². The maximum absolute atomic E-state index is 11.5. The quantitative estimate of drug-likeness (QED) is 0.748. The van der Waals surface area contributed by atoms with Crippen molar-refractivity contribution in [2.45, 2.75) is 32.4 Å². The summed E-state index contributed by atoms with van der Waals surface area (Å²) in [5.41, 5.74) is 0. The van der Waals surface area contributed by atoms with Crippen molar-refractivity contribution >= 4 is 39.3 Å². The first-order chi connectivity index (χ1) is 8.47. The third kappa shape index (κ3) is 6.02. The molecule has 0 aliphatic heterocycles. The Bertz CT molecular complexity index is 422. The predicted octanol–water partition coefficient (Wildman–Crippen LogP) is 2.56. The third-order valence-corrected chi connectivity index (χ3v) is 3.84. The predicted molar refractivity (Wildman–Crippen MR) is 73.7 cm³/mol.